The van der Waals surface area contributed by atoms with E-state index in [-0.39, 0.29) is 5.56 Å². The molecule has 1 heterocycles. The average molecular weight is 320 g/mol. The van der Waals surface area contributed by atoms with E-state index >= 15 is 0 Å². The summed E-state index contributed by atoms with van der Waals surface area (Å²) in [5, 5.41) is 3.03. The maximum Gasteiger partial charge on any atom is 0.260 e. The minimum absolute atomic E-state index is 0.0480. The molecule has 3 aromatic carbocycles. The van der Waals surface area contributed by atoms with Crippen LogP contribution < -0.4 is 5.56 Å². The summed E-state index contributed by atoms with van der Waals surface area (Å²) in [4.78, 5) is 13.0. The van der Waals surface area contributed by atoms with E-state index in [1.54, 1.807) is 10.6 Å². The maximum absolute atomic E-state index is 13.0. The molecule has 4 rings (SSSR count). The first kappa shape index (κ1) is 14.0. The van der Waals surface area contributed by atoms with Gasteiger partial charge in [-0.1, -0.05) is 72.3 Å². The predicted molar refractivity (Wildman–Crippen MR) is 96.3 cm³/mol. The second-order valence-corrected chi connectivity index (χ2v) is 5.96. The van der Waals surface area contributed by atoms with Gasteiger partial charge in [-0.3, -0.25) is 4.79 Å². The number of nitrogens with zero attached hydrogens (tertiary/aromatic N) is 1. The molecular weight excluding hydrogens is 306 g/mol. The van der Waals surface area contributed by atoms with Gasteiger partial charge >= 0.3 is 0 Å². The Morgan fingerprint density at radius 2 is 1.48 bits per heavy atom. The Morgan fingerprint density at radius 1 is 0.783 bits per heavy atom. The van der Waals surface area contributed by atoms with Crippen LogP contribution in [0.4, 0.5) is 0 Å². The Kier molecular flexibility index (Phi) is 3.40. The van der Waals surface area contributed by atoms with Crippen LogP contribution >= 0.6 is 11.6 Å². The zero-order valence-electron chi connectivity index (χ0n) is 12.4. The molecule has 0 saturated heterocycles. The summed E-state index contributed by atoms with van der Waals surface area (Å²) in [5.41, 5.74) is 1.97. The molecule has 0 bridgehead atoms. The van der Waals surface area contributed by atoms with Crippen molar-refractivity contribution in [3.8, 4) is 0 Å². The van der Waals surface area contributed by atoms with Crippen molar-refractivity contribution in [3.05, 3.63) is 93.7 Å². The number of para-hydroxylation sites is 1. The van der Waals surface area contributed by atoms with E-state index in [9.17, 15) is 4.79 Å². The average Bonchev–Trinajstić information content (AvgIpc) is 2.59. The van der Waals surface area contributed by atoms with Gasteiger partial charge in [0.15, 0.2) is 0 Å². The highest BCUT2D eigenvalue weighted by atomic mass is 35.5. The van der Waals surface area contributed by atoms with Crippen LogP contribution in [0.2, 0.25) is 5.02 Å². The molecule has 0 spiro atoms. The SMILES string of the molecule is O=c1c2c(Cl)cccc2c2ccccc2n1Cc1ccccc1. The van der Waals surface area contributed by atoms with Crippen LogP contribution in [0.3, 0.4) is 0 Å². The number of halogens is 1. The van der Waals surface area contributed by atoms with Crippen molar-refractivity contribution in [2.75, 3.05) is 0 Å². The quantitative estimate of drug-likeness (QED) is 0.484. The standard InChI is InChI=1S/C20H14ClNO/c21-17-11-6-10-16-15-9-4-5-12-18(15)22(20(23)19(16)17)13-14-7-2-1-3-8-14/h1-12H,13H2. The molecule has 0 radical (unpaired) electrons. The molecule has 3 heteroatoms. The first-order chi connectivity index (χ1) is 11.3. The van der Waals surface area contributed by atoms with Crippen molar-refractivity contribution in [3.63, 3.8) is 0 Å². The molecular formula is C20H14ClNO. The fourth-order valence-corrected chi connectivity index (χ4v) is 3.33. The van der Waals surface area contributed by atoms with Crippen LogP contribution in [0.15, 0.2) is 77.6 Å². The molecule has 0 N–H and O–H groups in total. The van der Waals surface area contributed by atoms with Gasteiger partial charge < -0.3 is 4.57 Å². The Balaban J connectivity index is 2.11. The molecule has 23 heavy (non-hydrogen) atoms. The van der Waals surface area contributed by atoms with Crippen molar-refractivity contribution in [1.82, 2.24) is 4.57 Å². The van der Waals surface area contributed by atoms with Crippen LogP contribution in [0.25, 0.3) is 21.7 Å². The first-order valence-electron chi connectivity index (χ1n) is 7.49. The largest absolute Gasteiger partial charge is 0.303 e. The number of hydrogen-bond acceptors (Lipinski definition) is 1. The van der Waals surface area contributed by atoms with Gasteiger partial charge in [-0.25, -0.2) is 0 Å². The lowest BCUT2D eigenvalue weighted by Crippen LogP contribution is -2.21. The number of benzene rings is 3. The number of hydrogen-bond donors (Lipinski definition) is 0. The third-order valence-electron chi connectivity index (χ3n) is 4.14. The van der Waals surface area contributed by atoms with Gasteiger partial charge in [0.1, 0.15) is 0 Å². The van der Waals surface area contributed by atoms with Crippen LogP contribution in [0, 0.1) is 0 Å². The summed E-state index contributed by atoms with van der Waals surface area (Å²) in [6, 6.07) is 23.6. The molecule has 4 aromatic rings. The highest BCUT2D eigenvalue weighted by molar-refractivity contribution is 6.36. The van der Waals surface area contributed by atoms with Gasteiger partial charge in [0.2, 0.25) is 0 Å². The van der Waals surface area contributed by atoms with Gasteiger partial charge in [-0.05, 0) is 23.1 Å². The summed E-state index contributed by atoms with van der Waals surface area (Å²) in [6.45, 7) is 0.529. The van der Waals surface area contributed by atoms with Crippen LogP contribution in [-0.4, -0.2) is 4.57 Å². The zero-order chi connectivity index (χ0) is 15.8. The molecule has 0 amide bonds. The molecule has 0 unspecified atom stereocenters. The lowest BCUT2D eigenvalue weighted by atomic mass is 10.1. The van der Waals surface area contributed by atoms with Crippen LogP contribution in [-0.2, 0) is 6.54 Å². The van der Waals surface area contributed by atoms with E-state index in [2.05, 4.69) is 0 Å². The molecule has 0 fully saturated rings. The normalized spacial score (nSPS) is 11.2. The molecule has 0 aliphatic heterocycles. The van der Waals surface area contributed by atoms with Crippen molar-refractivity contribution in [2.24, 2.45) is 0 Å². The third-order valence-corrected chi connectivity index (χ3v) is 4.46. The Morgan fingerprint density at radius 3 is 2.30 bits per heavy atom. The lowest BCUT2D eigenvalue weighted by molar-refractivity contribution is 0.802. The highest BCUT2D eigenvalue weighted by Gasteiger charge is 2.12. The second kappa shape index (κ2) is 5.56. The molecule has 0 aliphatic rings. The van der Waals surface area contributed by atoms with Crippen molar-refractivity contribution < 1.29 is 0 Å². The Bertz CT molecular complexity index is 1070. The van der Waals surface area contributed by atoms with Gasteiger partial charge in [-0.2, -0.15) is 0 Å². The fourth-order valence-electron chi connectivity index (χ4n) is 3.07. The molecule has 0 saturated carbocycles. The van der Waals surface area contributed by atoms with E-state index in [0.717, 1.165) is 21.9 Å². The van der Waals surface area contributed by atoms with Crippen LogP contribution in [0.5, 0.6) is 0 Å². The van der Waals surface area contributed by atoms with E-state index in [0.29, 0.717) is 17.0 Å². The van der Waals surface area contributed by atoms with Crippen LogP contribution in [0.1, 0.15) is 5.56 Å². The minimum Gasteiger partial charge on any atom is -0.303 e. The minimum atomic E-state index is -0.0480. The van der Waals surface area contributed by atoms with E-state index in [1.165, 1.54) is 0 Å². The maximum atomic E-state index is 13.0. The van der Waals surface area contributed by atoms with Crippen molar-refractivity contribution in [2.45, 2.75) is 6.54 Å². The lowest BCUT2D eigenvalue weighted by Gasteiger charge is -2.14. The monoisotopic (exact) mass is 319 g/mol. The smallest absolute Gasteiger partial charge is 0.260 e. The fraction of sp³-hybridized carbons (Fsp3) is 0.0500. The first-order valence-corrected chi connectivity index (χ1v) is 7.87. The summed E-state index contributed by atoms with van der Waals surface area (Å²) < 4.78 is 1.80. The van der Waals surface area contributed by atoms with E-state index < -0.39 is 0 Å². The molecule has 1 aromatic heterocycles. The van der Waals surface area contributed by atoms with Gasteiger partial charge in [0.25, 0.3) is 5.56 Å². The second-order valence-electron chi connectivity index (χ2n) is 5.56. The number of pyridine rings is 1. The molecule has 112 valence electrons. The third kappa shape index (κ3) is 2.32. The van der Waals surface area contributed by atoms with E-state index in [4.69, 9.17) is 11.6 Å². The molecule has 2 nitrogen and oxygen atoms in total. The van der Waals surface area contributed by atoms with Crippen molar-refractivity contribution >= 4 is 33.3 Å². The summed E-state index contributed by atoms with van der Waals surface area (Å²) >= 11 is 6.32. The van der Waals surface area contributed by atoms with Gasteiger partial charge in [0.05, 0.1) is 22.5 Å². The number of fused-ring (bicyclic) bond motifs is 3. The number of rotatable bonds is 2. The summed E-state index contributed by atoms with van der Waals surface area (Å²) in [7, 11) is 0. The van der Waals surface area contributed by atoms with Crippen molar-refractivity contribution in [1.29, 1.82) is 0 Å². The highest BCUT2D eigenvalue weighted by Crippen LogP contribution is 2.27. The van der Waals surface area contributed by atoms with E-state index in [1.807, 2.05) is 66.7 Å². The Labute approximate surface area is 138 Å². The predicted octanol–water partition coefficient (Wildman–Crippen LogP) is 4.86. The zero-order valence-corrected chi connectivity index (χ0v) is 13.1. The van der Waals surface area contributed by atoms with Gasteiger partial charge in [-0.15, -0.1) is 0 Å². The molecule has 0 aliphatic carbocycles. The summed E-state index contributed by atoms with van der Waals surface area (Å²) in [5.74, 6) is 0. The Hall–Kier alpha value is -2.58. The molecule has 0 atom stereocenters. The topological polar surface area (TPSA) is 22.0 Å². The number of aromatic nitrogens is 1. The summed E-state index contributed by atoms with van der Waals surface area (Å²) in [6.07, 6.45) is 0. The van der Waals surface area contributed by atoms with Gasteiger partial charge in [0, 0.05) is 5.39 Å².